The molecule has 190 valence electrons. The van der Waals surface area contributed by atoms with Crippen LogP contribution in [0, 0.1) is 17.5 Å². The van der Waals surface area contributed by atoms with Crippen LogP contribution in [-0.4, -0.2) is 32.4 Å². The Morgan fingerprint density at radius 1 is 1.03 bits per heavy atom. The van der Waals surface area contributed by atoms with Gasteiger partial charge in [-0.25, -0.2) is 22.6 Å². The highest BCUT2D eigenvalue weighted by Crippen LogP contribution is 2.30. The van der Waals surface area contributed by atoms with Crippen LogP contribution in [0.2, 0.25) is 0 Å². The number of carboxylic acid groups (broad SMARTS) is 1. The number of carboxylic acids is 1. The normalized spacial score (nSPS) is 17.4. The van der Waals surface area contributed by atoms with Gasteiger partial charge < -0.3 is 10.4 Å². The van der Waals surface area contributed by atoms with E-state index in [4.69, 9.17) is 0 Å². The fraction of sp³-hybridized carbons (Fsp3) is 0.320. The van der Waals surface area contributed by atoms with Crippen molar-refractivity contribution in [3.8, 4) is 5.69 Å². The summed E-state index contributed by atoms with van der Waals surface area (Å²) in [5.41, 5.74) is 1.08. The van der Waals surface area contributed by atoms with Crippen LogP contribution in [0.5, 0.6) is 0 Å². The van der Waals surface area contributed by atoms with Gasteiger partial charge in [-0.1, -0.05) is 26.8 Å². The zero-order valence-electron chi connectivity index (χ0n) is 20.2. The largest absolute Gasteiger partial charge is 0.480 e. The number of anilines is 2. The Morgan fingerprint density at radius 3 is 2.39 bits per heavy atom. The number of carbonyl (C=O) groups excluding carboxylic acids is 1. The van der Waals surface area contributed by atoms with E-state index in [1.807, 2.05) is 32.9 Å². The summed E-state index contributed by atoms with van der Waals surface area (Å²) < 4.78 is 42.2. The summed E-state index contributed by atoms with van der Waals surface area (Å²) in [6.07, 6.45) is 0.303. The number of rotatable bonds is 4. The molecular weight excluding hydrogens is 475 g/mol. The Kier molecular flexibility index (Phi) is 6.29. The van der Waals surface area contributed by atoms with E-state index in [-0.39, 0.29) is 11.2 Å². The van der Waals surface area contributed by atoms with E-state index in [0.29, 0.717) is 36.5 Å². The number of amides is 2. The fourth-order valence-corrected chi connectivity index (χ4v) is 3.89. The first kappa shape index (κ1) is 25.2. The highest BCUT2D eigenvalue weighted by atomic mass is 19.2. The predicted molar refractivity (Wildman–Crippen MR) is 128 cm³/mol. The number of aliphatic carboxylic acids is 1. The van der Waals surface area contributed by atoms with Gasteiger partial charge in [0.1, 0.15) is 17.2 Å². The molecule has 0 saturated carbocycles. The summed E-state index contributed by atoms with van der Waals surface area (Å²) in [7, 11) is 0. The molecule has 36 heavy (non-hydrogen) atoms. The maximum atomic E-state index is 14.0. The number of nitrogens with zero attached hydrogens (tertiary/aromatic N) is 2. The molecule has 1 aliphatic heterocycles. The Bertz CT molecular complexity index is 1370. The van der Waals surface area contributed by atoms with Crippen LogP contribution in [0.25, 0.3) is 5.69 Å². The monoisotopic (exact) mass is 501 g/mol. The standard InChI is InChI=1S/C25H26F3N5O3/c1-24(2,3)20-10-21(31-23(36)30-19-9-17(27)16(26)8-18(19)28)33(32-20)15-6-5-13-11-25(4,22(34)35)29-12-14(13)7-15/h5-10,29H,11-12H2,1-4H3,(H,34,35)(H2,30,31,36). The van der Waals surface area contributed by atoms with Gasteiger partial charge in [-0.2, -0.15) is 5.10 Å². The second kappa shape index (κ2) is 8.98. The van der Waals surface area contributed by atoms with E-state index < -0.39 is 40.7 Å². The number of halogens is 3. The molecule has 0 bridgehead atoms. The molecule has 1 aromatic heterocycles. The van der Waals surface area contributed by atoms with Crippen LogP contribution in [0.3, 0.4) is 0 Å². The van der Waals surface area contributed by atoms with Gasteiger partial charge in [0.05, 0.1) is 17.1 Å². The van der Waals surface area contributed by atoms with Crippen molar-refractivity contribution in [1.29, 1.82) is 0 Å². The minimum absolute atomic E-state index is 0.263. The summed E-state index contributed by atoms with van der Waals surface area (Å²) in [5.74, 6) is -4.46. The van der Waals surface area contributed by atoms with Crippen LogP contribution in [0.15, 0.2) is 36.4 Å². The molecule has 1 unspecified atom stereocenters. The number of hydrogen-bond donors (Lipinski definition) is 4. The van der Waals surface area contributed by atoms with Crippen molar-refractivity contribution in [2.75, 3.05) is 10.6 Å². The van der Waals surface area contributed by atoms with Gasteiger partial charge in [-0.05, 0) is 30.2 Å². The quantitative estimate of drug-likeness (QED) is 0.387. The number of hydrogen-bond acceptors (Lipinski definition) is 4. The summed E-state index contributed by atoms with van der Waals surface area (Å²) >= 11 is 0. The third-order valence-electron chi connectivity index (χ3n) is 6.10. The molecule has 4 rings (SSSR count). The first-order chi connectivity index (χ1) is 16.8. The summed E-state index contributed by atoms with van der Waals surface area (Å²) in [6.45, 7) is 7.81. The minimum atomic E-state index is -1.36. The van der Waals surface area contributed by atoms with E-state index in [1.165, 1.54) is 4.68 Å². The molecule has 0 aliphatic carbocycles. The lowest BCUT2D eigenvalue weighted by Crippen LogP contribution is -2.53. The van der Waals surface area contributed by atoms with Crippen LogP contribution in [-0.2, 0) is 23.2 Å². The van der Waals surface area contributed by atoms with E-state index in [9.17, 15) is 27.9 Å². The molecule has 0 radical (unpaired) electrons. The number of benzene rings is 2. The van der Waals surface area contributed by atoms with Gasteiger partial charge in [-0.15, -0.1) is 0 Å². The number of aromatic nitrogens is 2. The Hall–Kier alpha value is -3.86. The number of urea groups is 1. The van der Waals surface area contributed by atoms with Crippen LogP contribution in [0.1, 0.15) is 44.5 Å². The lowest BCUT2D eigenvalue weighted by molar-refractivity contribution is -0.144. The Balaban J connectivity index is 1.65. The van der Waals surface area contributed by atoms with Crippen molar-refractivity contribution >= 4 is 23.5 Å². The van der Waals surface area contributed by atoms with Gasteiger partial charge in [0, 0.05) is 36.6 Å². The third kappa shape index (κ3) is 4.92. The smallest absolute Gasteiger partial charge is 0.324 e. The van der Waals surface area contributed by atoms with Crippen molar-refractivity contribution < 1.29 is 27.9 Å². The highest BCUT2D eigenvalue weighted by Gasteiger charge is 2.36. The molecule has 8 nitrogen and oxygen atoms in total. The summed E-state index contributed by atoms with van der Waals surface area (Å²) in [4.78, 5) is 24.2. The summed E-state index contributed by atoms with van der Waals surface area (Å²) in [5, 5.41) is 22.0. The number of carbonyl (C=O) groups is 2. The maximum absolute atomic E-state index is 14.0. The Morgan fingerprint density at radius 2 is 1.72 bits per heavy atom. The number of nitrogens with one attached hydrogen (secondary N) is 3. The molecule has 4 N–H and O–H groups in total. The van der Waals surface area contributed by atoms with E-state index in [1.54, 1.807) is 19.1 Å². The van der Waals surface area contributed by atoms with Gasteiger partial charge in [0.2, 0.25) is 0 Å². The first-order valence-corrected chi connectivity index (χ1v) is 11.2. The third-order valence-corrected chi connectivity index (χ3v) is 6.10. The lowest BCUT2D eigenvalue weighted by atomic mass is 9.86. The molecule has 2 heterocycles. The van der Waals surface area contributed by atoms with E-state index in [2.05, 4.69) is 21.0 Å². The molecule has 1 atom stereocenters. The van der Waals surface area contributed by atoms with Crippen molar-refractivity contribution in [3.05, 3.63) is 70.7 Å². The molecule has 2 amide bonds. The molecule has 11 heteroatoms. The van der Waals surface area contributed by atoms with E-state index in [0.717, 1.165) is 11.1 Å². The van der Waals surface area contributed by atoms with Gasteiger partial charge in [0.15, 0.2) is 11.6 Å². The van der Waals surface area contributed by atoms with Crippen LogP contribution >= 0.6 is 0 Å². The lowest BCUT2D eigenvalue weighted by Gasteiger charge is -2.32. The minimum Gasteiger partial charge on any atom is -0.480 e. The van der Waals surface area contributed by atoms with Crippen LogP contribution in [0.4, 0.5) is 29.5 Å². The Labute approximate surface area is 205 Å². The number of fused-ring (bicyclic) bond motifs is 1. The molecule has 0 spiro atoms. The molecule has 0 fully saturated rings. The van der Waals surface area contributed by atoms with Gasteiger partial charge in [-0.3, -0.25) is 15.4 Å². The van der Waals surface area contributed by atoms with Crippen molar-refractivity contribution in [2.45, 2.75) is 51.6 Å². The second-order valence-electron chi connectivity index (χ2n) is 10.0. The second-order valence-corrected chi connectivity index (χ2v) is 10.0. The van der Waals surface area contributed by atoms with E-state index >= 15 is 0 Å². The zero-order chi connectivity index (χ0) is 26.4. The summed E-state index contributed by atoms with van der Waals surface area (Å²) in [6, 6.07) is 7.14. The first-order valence-electron chi connectivity index (χ1n) is 11.2. The van der Waals surface area contributed by atoms with Crippen molar-refractivity contribution in [1.82, 2.24) is 15.1 Å². The van der Waals surface area contributed by atoms with Crippen molar-refractivity contribution in [2.24, 2.45) is 0 Å². The topological polar surface area (TPSA) is 108 Å². The molecule has 2 aromatic carbocycles. The molecule has 1 aliphatic rings. The SMILES string of the molecule is CC1(C(=O)O)Cc2ccc(-n3nc(C(C)(C)C)cc3NC(=O)Nc3cc(F)c(F)cc3F)cc2CN1. The van der Waals surface area contributed by atoms with Gasteiger partial charge in [0.25, 0.3) is 0 Å². The zero-order valence-corrected chi connectivity index (χ0v) is 20.2. The fourth-order valence-electron chi connectivity index (χ4n) is 3.89. The van der Waals surface area contributed by atoms with Crippen molar-refractivity contribution in [3.63, 3.8) is 0 Å². The average Bonchev–Trinajstić information content (AvgIpc) is 3.21. The van der Waals surface area contributed by atoms with Crippen LogP contribution < -0.4 is 16.0 Å². The molecule has 0 saturated heterocycles. The molecular formula is C25H26F3N5O3. The maximum Gasteiger partial charge on any atom is 0.324 e. The van der Waals surface area contributed by atoms with Gasteiger partial charge >= 0.3 is 12.0 Å². The average molecular weight is 502 g/mol. The highest BCUT2D eigenvalue weighted by molar-refractivity contribution is 5.99. The molecule has 3 aromatic rings. The predicted octanol–water partition coefficient (Wildman–Crippen LogP) is 4.72.